The Balaban J connectivity index is 2.06. The van der Waals surface area contributed by atoms with Crippen molar-refractivity contribution in [1.29, 1.82) is 0 Å². The molecule has 3 heteroatoms. The number of aryl methyl sites for hydroxylation is 1. The van der Waals surface area contributed by atoms with Crippen molar-refractivity contribution in [2.24, 2.45) is 0 Å². The molecular weight excluding hydrogens is 270 g/mol. The lowest BCUT2D eigenvalue weighted by Crippen LogP contribution is -2.42. The van der Waals surface area contributed by atoms with Gasteiger partial charge in [0.1, 0.15) is 11.9 Å². The molecule has 0 aromatic heterocycles. The lowest BCUT2D eigenvalue weighted by Gasteiger charge is -2.27. The topological polar surface area (TPSA) is 21.3 Å². The van der Waals surface area contributed by atoms with Crippen LogP contribution in [0.4, 0.5) is 0 Å². The highest BCUT2D eigenvalue weighted by Crippen LogP contribution is 2.29. The molecule has 2 nitrogen and oxygen atoms in total. The lowest BCUT2D eigenvalue weighted by atomic mass is 10.1. The van der Waals surface area contributed by atoms with E-state index in [1.807, 2.05) is 19.1 Å². The van der Waals surface area contributed by atoms with E-state index >= 15 is 0 Å². The molecule has 2 rings (SSSR count). The van der Waals surface area contributed by atoms with Crippen molar-refractivity contribution in [3.05, 3.63) is 28.8 Å². The largest absolute Gasteiger partial charge is 0.487 e. The molecule has 1 N–H and O–H groups in total. The summed E-state index contributed by atoms with van der Waals surface area (Å²) in [5.41, 5.74) is 1.17. The quantitative estimate of drug-likeness (QED) is 0.793. The highest BCUT2D eigenvalue weighted by Gasteiger charge is 2.25. The predicted molar refractivity (Wildman–Crippen MR) is 85.8 cm³/mol. The van der Waals surface area contributed by atoms with Gasteiger partial charge >= 0.3 is 0 Å². The van der Waals surface area contributed by atoms with Crippen molar-refractivity contribution in [3.63, 3.8) is 0 Å². The average molecular weight is 296 g/mol. The van der Waals surface area contributed by atoms with E-state index < -0.39 is 0 Å². The summed E-state index contributed by atoms with van der Waals surface area (Å²) in [5, 5.41) is 4.37. The van der Waals surface area contributed by atoms with Crippen molar-refractivity contribution in [3.8, 4) is 5.75 Å². The number of nitrogens with one attached hydrogen (secondary N) is 1. The molecule has 20 heavy (non-hydrogen) atoms. The molecular formula is C17H26ClNO. The van der Waals surface area contributed by atoms with Crippen molar-refractivity contribution < 1.29 is 4.74 Å². The summed E-state index contributed by atoms with van der Waals surface area (Å²) in [4.78, 5) is 0. The van der Waals surface area contributed by atoms with Gasteiger partial charge in [0.2, 0.25) is 0 Å². The fourth-order valence-electron chi connectivity index (χ4n) is 2.84. The Morgan fingerprint density at radius 1 is 1.25 bits per heavy atom. The van der Waals surface area contributed by atoms with Gasteiger partial charge in [-0.15, -0.1) is 0 Å². The standard InChI is InChI=1S/C17H26ClNO/c1-3-11-19-15-7-5-4-6-8-17(15)20-16-10-9-13(2)12-14(16)18/h9-10,12,15,17,19H,3-8,11H2,1-2H3. The second kappa shape index (κ2) is 7.90. The molecule has 0 aliphatic heterocycles. The van der Waals surface area contributed by atoms with Crippen LogP contribution in [-0.4, -0.2) is 18.7 Å². The summed E-state index contributed by atoms with van der Waals surface area (Å²) < 4.78 is 6.24. The van der Waals surface area contributed by atoms with Crippen LogP contribution in [0.5, 0.6) is 5.75 Å². The van der Waals surface area contributed by atoms with Gasteiger partial charge in [-0.25, -0.2) is 0 Å². The third-order valence-corrected chi connectivity index (χ3v) is 4.27. The zero-order valence-corrected chi connectivity index (χ0v) is 13.4. The van der Waals surface area contributed by atoms with E-state index in [1.165, 1.54) is 31.2 Å². The van der Waals surface area contributed by atoms with E-state index in [9.17, 15) is 0 Å². The number of ether oxygens (including phenoxy) is 1. The van der Waals surface area contributed by atoms with Crippen LogP contribution in [0.15, 0.2) is 18.2 Å². The summed E-state index contributed by atoms with van der Waals surface area (Å²) >= 11 is 6.30. The van der Waals surface area contributed by atoms with Crippen molar-refractivity contribution in [2.75, 3.05) is 6.54 Å². The second-order valence-corrected chi connectivity index (χ2v) is 6.20. The monoisotopic (exact) mass is 295 g/mol. The van der Waals surface area contributed by atoms with E-state index in [2.05, 4.69) is 18.3 Å². The van der Waals surface area contributed by atoms with Gasteiger partial charge in [-0.1, -0.05) is 37.4 Å². The summed E-state index contributed by atoms with van der Waals surface area (Å²) in [6.07, 6.45) is 7.57. The van der Waals surface area contributed by atoms with Crippen LogP contribution in [0.3, 0.4) is 0 Å². The highest BCUT2D eigenvalue weighted by atomic mass is 35.5. The summed E-state index contributed by atoms with van der Waals surface area (Å²) in [6, 6.07) is 6.49. The predicted octanol–water partition coefficient (Wildman–Crippen LogP) is 4.73. The van der Waals surface area contributed by atoms with E-state index in [0.29, 0.717) is 6.04 Å². The molecule has 0 amide bonds. The van der Waals surface area contributed by atoms with Gasteiger partial charge in [0, 0.05) is 6.04 Å². The Kier molecular flexibility index (Phi) is 6.18. The Bertz CT molecular complexity index is 421. The van der Waals surface area contributed by atoms with E-state index in [-0.39, 0.29) is 6.10 Å². The van der Waals surface area contributed by atoms with Crippen molar-refractivity contribution in [1.82, 2.24) is 5.32 Å². The molecule has 2 atom stereocenters. The van der Waals surface area contributed by atoms with Gasteiger partial charge in [-0.3, -0.25) is 0 Å². The molecule has 112 valence electrons. The second-order valence-electron chi connectivity index (χ2n) is 5.79. The average Bonchev–Trinajstić information content (AvgIpc) is 2.65. The zero-order chi connectivity index (χ0) is 14.4. The highest BCUT2D eigenvalue weighted by molar-refractivity contribution is 6.32. The van der Waals surface area contributed by atoms with Gasteiger partial charge in [0.15, 0.2) is 0 Å². The Morgan fingerprint density at radius 3 is 2.80 bits per heavy atom. The molecule has 2 unspecified atom stereocenters. The summed E-state index contributed by atoms with van der Waals surface area (Å²) in [6.45, 7) is 5.31. The summed E-state index contributed by atoms with van der Waals surface area (Å²) in [7, 11) is 0. The number of hydrogen-bond donors (Lipinski definition) is 1. The Morgan fingerprint density at radius 2 is 2.05 bits per heavy atom. The molecule has 1 saturated carbocycles. The third kappa shape index (κ3) is 4.39. The van der Waals surface area contributed by atoms with Crippen molar-refractivity contribution >= 4 is 11.6 Å². The molecule has 0 heterocycles. The van der Waals surface area contributed by atoms with Crippen molar-refractivity contribution in [2.45, 2.75) is 64.5 Å². The molecule has 0 radical (unpaired) electrons. The first-order chi connectivity index (χ1) is 9.70. The molecule has 1 aliphatic rings. The van der Waals surface area contributed by atoms with E-state index in [1.54, 1.807) is 0 Å². The van der Waals surface area contributed by atoms with Gasteiger partial charge in [-0.2, -0.15) is 0 Å². The van der Waals surface area contributed by atoms with Crippen LogP contribution in [0.1, 0.15) is 51.0 Å². The molecule has 0 saturated heterocycles. The van der Waals surface area contributed by atoms with Crippen LogP contribution >= 0.6 is 11.6 Å². The van der Waals surface area contributed by atoms with Crippen LogP contribution in [-0.2, 0) is 0 Å². The third-order valence-electron chi connectivity index (χ3n) is 3.97. The van der Waals surface area contributed by atoms with Gasteiger partial charge in [0.05, 0.1) is 5.02 Å². The molecule has 0 spiro atoms. The fraction of sp³-hybridized carbons (Fsp3) is 0.647. The van der Waals surface area contributed by atoms with Crippen LogP contribution in [0, 0.1) is 6.92 Å². The minimum absolute atomic E-state index is 0.240. The van der Waals surface area contributed by atoms with Gasteiger partial charge < -0.3 is 10.1 Å². The van der Waals surface area contributed by atoms with Crippen LogP contribution < -0.4 is 10.1 Å². The maximum atomic E-state index is 6.30. The molecule has 1 aromatic carbocycles. The Hall–Kier alpha value is -0.730. The van der Waals surface area contributed by atoms with E-state index in [0.717, 1.165) is 30.2 Å². The van der Waals surface area contributed by atoms with Crippen LogP contribution in [0.25, 0.3) is 0 Å². The SMILES string of the molecule is CCCNC1CCCCCC1Oc1ccc(C)cc1Cl. The van der Waals surface area contributed by atoms with E-state index in [4.69, 9.17) is 16.3 Å². The first-order valence-electron chi connectivity index (χ1n) is 7.87. The minimum Gasteiger partial charge on any atom is -0.487 e. The lowest BCUT2D eigenvalue weighted by molar-refractivity contribution is 0.145. The molecule has 0 bridgehead atoms. The van der Waals surface area contributed by atoms with Crippen LogP contribution in [0.2, 0.25) is 5.02 Å². The molecule has 1 aliphatic carbocycles. The number of halogens is 1. The smallest absolute Gasteiger partial charge is 0.138 e. The first-order valence-corrected chi connectivity index (χ1v) is 8.24. The fourth-order valence-corrected chi connectivity index (χ4v) is 3.12. The molecule has 1 aromatic rings. The number of benzene rings is 1. The zero-order valence-electron chi connectivity index (χ0n) is 12.6. The molecule has 1 fully saturated rings. The minimum atomic E-state index is 0.240. The summed E-state index contributed by atoms with van der Waals surface area (Å²) in [5.74, 6) is 0.826. The Labute approximate surface area is 127 Å². The van der Waals surface area contributed by atoms with Gasteiger partial charge in [-0.05, 0) is 56.8 Å². The first kappa shape index (κ1) is 15.7. The maximum absolute atomic E-state index is 6.30. The normalized spacial score (nSPS) is 23.4. The van der Waals surface area contributed by atoms with Gasteiger partial charge in [0.25, 0.3) is 0 Å². The number of rotatable bonds is 5. The maximum Gasteiger partial charge on any atom is 0.138 e. The number of hydrogen-bond acceptors (Lipinski definition) is 2.